The molecule has 0 spiro atoms. The van der Waals surface area contributed by atoms with E-state index in [1.807, 2.05) is 20.0 Å². The maximum Gasteiger partial charge on any atom is 0.147 e. The van der Waals surface area contributed by atoms with Crippen LogP contribution in [-0.2, 0) is 4.74 Å². The van der Waals surface area contributed by atoms with Gasteiger partial charge in [-0.25, -0.2) is 4.98 Å². The third kappa shape index (κ3) is 2.93. The Hall–Kier alpha value is -0.870. The van der Waals surface area contributed by atoms with E-state index in [0.717, 1.165) is 30.3 Å². The summed E-state index contributed by atoms with van der Waals surface area (Å²) in [6, 6.07) is 0. The molecule has 0 N–H and O–H groups in total. The normalized spacial score (nSPS) is 23.2. The van der Waals surface area contributed by atoms with Crippen LogP contribution in [0.4, 0.5) is 5.82 Å². The van der Waals surface area contributed by atoms with Crippen LogP contribution in [0.15, 0.2) is 6.20 Å². The van der Waals surface area contributed by atoms with E-state index < -0.39 is 0 Å². The molecule has 5 heteroatoms. The minimum Gasteiger partial charge on any atom is -0.367 e. The van der Waals surface area contributed by atoms with Gasteiger partial charge in [-0.2, -0.15) is 0 Å². The predicted molar refractivity (Wildman–Crippen MR) is 73.4 cm³/mol. The number of aryl methyl sites for hydroxylation is 2. The van der Waals surface area contributed by atoms with Gasteiger partial charge in [0, 0.05) is 13.1 Å². The summed E-state index contributed by atoms with van der Waals surface area (Å²) in [6.45, 7) is 9.68. The molecule has 1 atom stereocenters. The summed E-state index contributed by atoms with van der Waals surface area (Å²) in [6.07, 6.45) is 1.87. The summed E-state index contributed by atoms with van der Waals surface area (Å²) in [7, 11) is 0. The average Bonchev–Trinajstić information content (AvgIpc) is 2.30. The number of hydrogen-bond acceptors (Lipinski definition) is 4. The van der Waals surface area contributed by atoms with Gasteiger partial charge in [0.05, 0.1) is 35.2 Å². The molecule has 0 radical (unpaired) electrons. The largest absolute Gasteiger partial charge is 0.367 e. The standard InChI is InChI=1S/C13H20ClN3O/c1-9-10(2)16-12(6-15-9)17-7-11(5-14)18-13(3,4)8-17/h6,11H,5,7-8H2,1-4H3. The highest BCUT2D eigenvalue weighted by atomic mass is 35.5. The van der Waals surface area contributed by atoms with Crippen molar-refractivity contribution >= 4 is 17.4 Å². The second kappa shape index (κ2) is 5.02. The summed E-state index contributed by atoms with van der Waals surface area (Å²) in [5.41, 5.74) is 1.73. The molecule has 1 aromatic rings. The van der Waals surface area contributed by atoms with Crippen LogP contribution in [0, 0.1) is 13.8 Å². The third-order valence-electron chi connectivity index (χ3n) is 3.16. The molecule has 1 unspecified atom stereocenters. The van der Waals surface area contributed by atoms with Gasteiger partial charge in [0.2, 0.25) is 0 Å². The van der Waals surface area contributed by atoms with E-state index in [4.69, 9.17) is 16.3 Å². The van der Waals surface area contributed by atoms with E-state index in [2.05, 4.69) is 28.7 Å². The second-order valence-electron chi connectivity index (χ2n) is 5.43. The van der Waals surface area contributed by atoms with Gasteiger partial charge in [-0.05, 0) is 27.7 Å². The predicted octanol–water partition coefficient (Wildman–Crippen LogP) is 2.32. The van der Waals surface area contributed by atoms with Crippen molar-refractivity contribution in [3.8, 4) is 0 Å². The van der Waals surface area contributed by atoms with E-state index in [1.54, 1.807) is 0 Å². The average molecular weight is 270 g/mol. The van der Waals surface area contributed by atoms with Crippen LogP contribution in [-0.4, -0.2) is 40.6 Å². The number of anilines is 1. The molecule has 1 aliphatic rings. The van der Waals surface area contributed by atoms with Crippen molar-refractivity contribution in [3.63, 3.8) is 0 Å². The van der Waals surface area contributed by atoms with Crippen molar-refractivity contribution < 1.29 is 4.74 Å². The maximum atomic E-state index is 5.93. The topological polar surface area (TPSA) is 38.2 Å². The zero-order valence-electron chi connectivity index (χ0n) is 11.4. The van der Waals surface area contributed by atoms with E-state index in [9.17, 15) is 0 Å². The molecule has 2 rings (SSSR count). The molecule has 0 aromatic carbocycles. The Labute approximate surface area is 113 Å². The van der Waals surface area contributed by atoms with Gasteiger partial charge < -0.3 is 9.64 Å². The molecular formula is C13H20ClN3O. The Morgan fingerprint density at radius 2 is 2.17 bits per heavy atom. The number of hydrogen-bond donors (Lipinski definition) is 0. The van der Waals surface area contributed by atoms with E-state index in [1.165, 1.54) is 0 Å². The molecule has 1 fully saturated rings. The molecule has 0 saturated carbocycles. The lowest BCUT2D eigenvalue weighted by Gasteiger charge is -2.42. The van der Waals surface area contributed by atoms with Crippen molar-refractivity contribution in [1.82, 2.24) is 9.97 Å². The molecule has 1 aromatic heterocycles. The second-order valence-corrected chi connectivity index (χ2v) is 5.74. The molecule has 1 aliphatic heterocycles. The monoisotopic (exact) mass is 269 g/mol. The highest BCUT2D eigenvalue weighted by Crippen LogP contribution is 2.25. The number of morpholine rings is 1. The molecule has 0 bridgehead atoms. The SMILES string of the molecule is Cc1ncc(N2CC(CCl)OC(C)(C)C2)nc1C. The van der Waals surface area contributed by atoms with Crippen molar-refractivity contribution in [2.45, 2.75) is 39.4 Å². The zero-order chi connectivity index (χ0) is 13.3. The van der Waals surface area contributed by atoms with Crippen LogP contribution >= 0.6 is 11.6 Å². The Morgan fingerprint density at radius 1 is 1.44 bits per heavy atom. The van der Waals surface area contributed by atoms with Gasteiger partial charge in [0.15, 0.2) is 0 Å². The lowest BCUT2D eigenvalue weighted by molar-refractivity contribution is -0.0736. The Kier molecular flexibility index (Phi) is 3.78. The molecule has 100 valence electrons. The van der Waals surface area contributed by atoms with Crippen molar-refractivity contribution in [2.24, 2.45) is 0 Å². The third-order valence-corrected chi connectivity index (χ3v) is 3.50. The first kappa shape index (κ1) is 13.6. The van der Waals surface area contributed by atoms with Crippen molar-refractivity contribution in [3.05, 3.63) is 17.6 Å². The van der Waals surface area contributed by atoms with Gasteiger partial charge in [0.1, 0.15) is 5.82 Å². The maximum absolute atomic E-state index is 5.93. The first-order chi connectivity index (χ1) is 8.41. The Bertz CT molecular complexity index is 436. The van der Waals surface area contributed by atoms with Gasteiger partial charge in [0.25, 0.3) is 0 Å². The minimum atomic E-state index is -0.210. The van der Waals surface area contributed by atoms with Crippen LogP contribution in [0.5, 0.6) is 0 Å². The Balaban J connectivity index is 2.23. The molecule has 2 heterocycles. The molecule has 4 nitrogen and oxygen atoms in total. The van der Waals surface area contributed by atoms with Crippen LogP contribution < -0.4 is 4.90 Å². The number of alkyl halides is 1. The molecule has 18 heavy (non-hydrogen) atoms. The molecule has 0 aliphatic carbocycles. The molecule has 1 saturated heterocycles. The first-order valence-corrected chi connectivity index (χ1v) is 6.74. The number of rotatable bonds is 2. The van der Waals surface area contributed by atoms with E-state index in [0.29, 0.717) is 5.88 Å². The summed E-state index contributed by atoms with van der Waals surface area (Å²) in [5.74, 6) is 1.41. The summed E-state index contributed by atoms with van der Waals surface area (Å²) in [5, 5.41) is 0. The van der Waals surface area contributed by atoms with E-state index in [-0.39, 0.29) is 11.7 Å². The van der Waals surface area contributed by atoms with Crippen molar-refractivity contribution in [1.29, 1.82) is 0 Å². The van der Waals surface area contributed by atoms with E-state index >= 15 is 0 Å². The van der Waals surface area contributed by atoms with Crippen LogP contribution in [0.3, 0.4) is 0 Å². The number of nitrogens with zero attached hydrogens (tertiary/aromatic N) is 3. The fourth-order valence-electron chi connectivity index (χ4n) is 2.23. The van der Waals surface area contributed by atoms with Crippen LogP contribution in [0.2, 0.25) is 0 Å². The highest BCUT2D eigenvalue weighted by molar-refractivity contribution is 6.18. The summed E-state index contributed by atoms with van der Waals surface area (Å²) < 4.78 is 5.91. The minimum absolute atomic E-state index is 0.0406. The van der Waals surface area contributed by atoms with Crippen molar-refractivity contribution in [2.75, 3.05) is 23.9 Å². The fourth-order valence-corrected chi connectivity index (χ4v) is 2.39. The molecular weight excluding hydrogens is 250 g/mol. The zero-order valence-corrected chi connectivity index (χ0v) is 12.2. The number of halogens is 1. The number of aromatic nitrogens is 2. The molecule has 0 amide bonds. The quantitative estimate of drug-likeness (QED) is 0.773. The smallest absolute Gasteiger partial charge is 0.147 e. The van der Waals surface area contributed by atoms with Gasteiger partial charge in [-0.15, -0.1) is 11.6 Å². The lowest BCUT2D eigenvalue weighted by atomic mass is 10.1. The van der Waals surface area contributed by atoms with Crippen LogP contribution in [0.1, 0.15) is 25.2 Å². The lowest BCUT2D eigenvalue weighted by Crippen LogP contribution is -2.53. The van der Waals surface area contributed by atoms with Gasteiger partial charge in [-0.3, -0.25) is 4.98 Å². The summed E-state index contributed by atoms with van der Waals surface area (Å²) >= 11 is 5.93. The summed E-state index contributed by atoms with van der Waals surface area (Å²) in [4.78, 5) is 11.2. The first-order valence-electron chi connectivity index (χ1n) is 6.20. The van der Waals surface area contributed by atoms with Crippen LogP contribution in [0.25, 0.3) is 0 Å². The fraction of sp³-hybridized carbons (Fsp3) is 0.692. The number of ether oxygens (including phenoxy) is 1. The highest BCUT2D eigenvalue weighted by Gasteiger charge is 2.33. The van der Waals surface area contributed by atoms with Gasteiger partial charge >= 0.3 is 0 Å². The van der Waals surface area contributed by atoms with Gasteiger partial charge in [-0.1, -0.05) is 0 Å². The Morgan fingerprint density at radius 3 is 2.78 bits per heavy atom.